The van der Waals surface area contributed by atoms with E-state index in [1.165, 1.54) is 0 Å². The van der Waals surface area contributed by atoms with Crippen molar-refractivity contribution in [2.24, 2.45) is 5.73 Å². The van der Waals surface area contributed by atoms with E-state index >= 15 is 0 Å². The molecule has 0 unspecified atom stereocenters. The first-order valence-corrected chi connectivity index (χ1v) is 9.27. The van der Waals surface area contributed by atoms with Crippen LogP contribution in [0.15, 0.2) is 24.5 Å². The van der Waals surface area contributed by atoms with Crippen LogP contribution in [-0.4, -0.2) is 38.0 Å². The zero-order chi connectivity index (χ0) is 19.1. The summed E-state index contributed by atoms with van der Waals surface area (Å²) in [5, 5.41) is 8.84. The third-order valence-electron chi connectivity index (χ3n) is 4.88. The molecular formula is C18H17Cl2N5O2. The lowest BCUT2D eigenvalue weighted by atomic mass is 10.0. The van der Waals surface area contributed by atoms with Crippen LogP contribution in [0.3, 0.4) is 0 Å². The van der Waals surface area contributed by atoms with Crippen LogP contribution < -0.4 is 5.73 Å². The van der Waals surface area contributed by atoms with Gasteiger partial charge in [-0.15, -0.1) is 0 Å². The van der Waals surface area contributed by atoms with Gasteiger partial charge < -0.3 is 15.2 Å². The van der Waals surface area contributed by atoms with Crippen LogP contribution in [-0.2, 0) is 22.7 Å². The first kappa shape index (κ1) is 17.9. The van der Waals surface area contributed by atoms with Gasteiger partial charge in [-0.2, -0.15) is 5.10 Å². The molecule has 9 heteroatoms. The summed E-state index contributed by atoms with van der Waals surface area (Å²) in [6.07, 6.45) is 3.72. The van der Waals surface area contributed by atoms with Gasteiger partial charge in [0.1, 0.15) is 0 Å². The van der Waals surface area contributed by atoms with E-state index in [0.29, 0.717) is 29.7 Å². The molecule has 0 radical (unpaired) electrons. The molecule has 7 nitrogen and oxygen atoms in total. The van der Waals surface area contributed by atoms with E-state index in [9.17, 15) is 9.59 Å². The van der Waals surface area contributed by atoms with Gasteiger partial charge in [0, 0.05) is 54.3 Å². The number of halogens is 2. The first-order chi connectivity index (χ1) is 13.0. The fourth-order valence-corrected chi connectivity index (χ4v) is 4.05. The van der Waals surface area contributed by atoms with E-state index < -0.39 is 5.91 Å². The lowest BCUT2D eigenvalue weighted by molar-refractivity contribution is -0.134. The molecule has 0 saturated heterocycles. The summed E-state index contributed by atoms with van der Waals surface area (Å²) in [6.45, 7) is 1.54. The third kappa shape index (κ3) is 3.07. The SMILES string of the molecule is NC(=O)CCC(=O)N1CCn2c(c(-c3cn[nH]c3)c3ccc(Cl)c(Cl)c32)C1. The number of hydrogen-bond acceptors (Lipinski definition) is 3. The van der Waals surface area contributed by atoms with Gasteiger partial charge in [-0.25, -0.2) is 0 Å². The molecule has 2 amide bonds. The van der Waals surface area contributed by atoms with Gasteiger partial charge in [-0.3, -0.25) is 14.7 Å². The summed E-state index contributed by atoms with van der Waals surface area (Å²) in [5.41, 5.74) is 8.89. The van der Waals surface area contributed by atoms with Gasteiger partial charge in [0.2, 0.25) is 11.8 Å². The second kappa shape index (κ2) is 6.90. The van der Waals surface area contributed by atoms with Crippen LogP contribution in [0.25, 0.3) is 22.0 Å². The highest BCUT2D eigenvalue weighted by atomic mass is 35.5. The Bertz CT molecular complexity index is 1040. The molecule has 1 aliphatic rings. The fourth-order valence-electron chi connectivity index (χ4n) is 3.63. The highest BCUT2D eigenvalue weighted by Gasteiger charge is 2.28. The molecule has 0 atom stereocenters. The number of carbonyl (C=O) groups excluding carboxylic acids is 2. The lowest BCUT2D eigenvalue weighted by Gasteiger charge is -2.30. The Kier molecular flexibility index (Phi) is 4.57. The molecule has 0 saturated carbocycles. The number of nitrogens with two attached hydrogens (primary N) is 1. The minimum absolute atomic E-state index is 0.0499. The average Bonchev–Trinajstić information content (AvgIpc) is 3.27. The molecule has 3 N–H and O–H groups in total. The third-order valence-corrected chi connectivity index (χ3v) is 5.68. The van der Waals surface area contributed by atoms with Crippen molar-refractivity contribution >= 4 is 45.9 Å². The van der Waals surface area contributed by atoms with E-state index in [-0.39, 0.29) is 18.7 Å². The highest BCUT2D eigenvalue weighted by molar-refractivity contribution is 6.45. The van der Waals surface area contributed by atoms with Gasteiger partial charge in [-0.05, 0) is 6.07 Å². The summed E-state index contributed by atoms with van der Waals surface area (Å²) in [7, 11) is 0. The zero-order valence-electron chi connectivity index (χ0n) is 14.3. The van der Waals surface area contributed by atoms with Crippen LogP contribution in [0.4, 0.5) is 0 Å². The van der Waals surface area contributed by atoms with Crippen LogP contribution in [0, 0.1) is 0 Å². The monoisotopic (exact) mass is 405 g/mol. The number of fused-ring (bicyclic) bond motifs is 3. The number of hydrogen-bond donors (Lipinski definition) is 2. The lowest BCUT2D eigenvalue weighted by Crippen LogP contribution is -2.38. The number of nitrogens with one attached hydrogen (secondary N) is 1. The standard InChI is InChI=1S/C18H17Cl2N5O2/c19-12-2-1-11-16(10-7-22-23-8-10)13-9-24(15(27)4-3-14(21)26)5-6-25(13)18(11)17(12)20/h1-2,7-8H,3-6,9H2,(H2,21,26)(H,22,23). The highest BCUT2D eigenvalue weighted by Crippen LogP contribution is 2.42. The summed E-state index contributed by atoms with van der Waals surface area (Å²) in [6, 6.07) is 3.72. The predicted molar refractivity (Wildman–Crippen MR) is 103 cm³/mol. The number of benzene rings is 1. The van der Waals surface area contributed by atoms with Crippen LogP contribution in [0.2, 0.25) is 10.0 Å². The first-order valence-electron chi connectivity index (χ1n) is 8.51. The number of nitrogens with zero attached hydrogens (tertiary/aromatic N) is 3. The Balaban J connectivity index is 1.81. The molecule has 0 spiro atoms. The minimum atomic E-state index is -0.477. The molecule has 27 heavy (non-hydrogen) atoms. The summed E-state index contributed by atoms with van der Waals surface area (Å²) >= 11 is 12.8. The molecule has 4 rings (SSSR count). The van der Waals surface area contributed by atoms with Crippen LogP contribution >= 0.6 is 23.2 Å². The van der Waals surface area contributed by atoms with Crippen molar-refractivity contribution in [2.75, 3.05) is 6.54 Å². The molecule has 140 valence electrons. The van der Waals surface area contributed by atoms with Crippen molar-refractivity contribution in [3.63, 3.8) is 0 Å². The number of aromatic amines is 1. The molecule has 0 bridgehead atoms. The molecule has 1 aliphatic heterocycles. The summed E-state index contributed by atoms with van der Waals surface area (Å²) in [4.78, 5) is 25.2. The minimum Gasteiger partial charge on any atom is -0.370 e. The summed E-state index contributed by atoms with van der Waals surface area (Å²) in [5.74, 6) is -0.567. The molecule has 0 fully saturated rings. The van der Waals surface area contributed by atoms with Gasteiger partial charge in [-0.1, -0.05) is 29.3 Å². The van der Waals surface area contributed by atoms with Crippen LogP contribution in [0.1, 0.15) is 18.5 Å². The Labute approximate surface area is 165 Å². The molecule has 1 aromatic carbocycles. The van der Waals surface area contributed by atoms with Crippen molar-refractivity contribution < 1.29 is 9.59 Å². The Morgan fingerprint density at radius 3 is 2.74 bits per heavy atom. The van der Waals surface area contributed by atoms with Crippen molar-refractivity contribution in [1.82, 2.24) is 19.7 Å². The van der Waals surface area contributed by atoms with E-state index in [2.05, 4.69) is 14.8 Å². The van der Waals surface area contributed by atoms with E-state index in [1.807, 2.05) is 12.3 Å². The Morgan fingerprint density at radius 2 is 2.04 bits per heavy atom. The van der Waals surface area contributed by atoms with Crippen molar-refractivity contribution in [1.29, 1.82) is 0 Å². The number of H-pyrrole nitrogens is 1. The molecule has 3 heterocycles. The topological polar surface area (TPSA) is 97.0 Å². The van der Waals surface area contributed by atoms with E-state index in [1.54, 1.807) is 17.2 Å². The molecule has 2 aromatic heterocycles. The zero-order valence-corrected chi connectivity index (χ0v) is 15.8. The molecular weight excluding hydrogens is 389 g/mol. The average molecular weight is 406 g/mol. The van der Waals surface area contributed by atoms with Crippen molar-refractivity contribution in [2.45, 2.75) is 25.9 Å². The van der Waals surface area contributed by atoms with E-state index in [4.69, 9.17) is 28.9 Å². The largest absolute Gasteiger partial charge is 0.370 e. The number of aromatic nitrogens is 3. The van der Waals surface area contributed by atoms with Gasteiger partial charge in [0.25, 0.3) is 0 Å². The number of carbonyl (C=O) groups is 2. The molecule has 3 aromatic rings. The van der Waals surface area contributed by atoms with Gasteiger partial charge >= 0.3 is 0 Å². The smallest absolute Gasteiger partial charge is 0.223 e. The number of rotatable bonds is 4. The quantitative estimate of drug-likeness (QED) is 0.697. The maximum absolute atomic E-state index is 12.5. The normalized spacial score (nSPS) is 13.8. The number of amides is 2. The second-order valence-corrected chi connectivity index (χ2v) is 7.28. The maximum atomic E-state index is 12.5. The van der Waals surface area contributed by atoms with Gasteiger partial charge in [0.05, 0.1) is 28.3 Å². The molecule has 0 aliphatic carbocycles. The van der Waals surface area contributed by atoms with Crippen molar-refractivity contribution in [3.8, 4) is 11.1 Å². The fraction of sp³-hybridized carbons (Fsp3) is 0.278. The Hall–Kier alpha value is -2.51. The maximum Gasteiger partial charge on any atom is 0.223 e. The predicted octanol–water partition coefficient (Wildman–Crippen LogP) is 2.95. The van der Waals surface area contributed by atoms with E-state index in [0.717, 1.165) is 27.7 Å². The Morgan fingerprint density at radius 1 is 1.22 bits per heavy atom. The second-order valence-electron chi connectivity index (χ2n) is 6.50. The summed E-state index contributed by atoms with van der Waals surface area (Å²) < 4.78 is 2.11. The number of primary amides is 1. The van der Waals surface area contributed by atoms with Gasteiger partial charge in [0.15, 0.2) is 0 Å². The van der Waals surface area contributed by atoms with Crippen LogP contribution in [0.5, 0.6) is 0 Å². The van der Waals surface area contributed by atoms with Crippen molar-refractivity contribution in [3.05, 3.63) is 40.3 Å².